The molecule has 0 saturated heterocycles. The van der Waals surface area contributed by atoms with Gasteiger partial charge in [-0.15, -0.1) is 0 Å². The number of aryl methyl sites for hydroxylation is 1. The fourth-order valence-corrected chi connectivity index (χ4v) is 2.44. The smallest absolute Gasteiger partial charge is 0.311 e. The molecule has 0 fully saturated rings. The first-order valence-corrected chi connectivity index (χ1v) is 8.87. The number of esters is 1. The van der Waals surface area contributed by atoms with Crippen molar-refractivity contribution in [3.05, 3.63) is 58.1 Å². The highest BCUT2D eigenvalue weighted by Gasteiger charge is 2.18. The Kier molecular flexibility index (Phi) is 7.96. The molecule has 0 spiro atoms. The number of carbonyl (C=O) groups is 2. The number of para-hydroxylation sites is 1. The largest absolute Gasteiger partial charge is 0.494 e. The molecule has 29 heavy (non-hydrogen) atoms. The number of nitrogens with one attached hydrogen (secondary N) is 1. The fourth-order valence-electron chi connectivity index (χ4n) is 2.44. The number of nitrogens with zero attached hydrogens (tertiary/aromatic N) is 1. The molecule has 9 heteroatoms. The molecule has 9 nitrogen and oxygen atoms in total. The molecule has 0 heterocycles. The van der Waals surface area contributed by atoms with Crippen molar-refractivity contribution in [1.29, 1.82) is 0 Å². The van der Waals surface area contributed by atoms with Gasteiger partial charge in [-0.05, 0) is 31.0 Å². The van der Waals surface area contributed by atoms with Crippen LogP contribution in [-0.2, 0) is 14.3 Å². The van der Waals surface area contributed by atoms with Crippen molar-refractivity contribution >= 4 is 23.3 Å². The van der Waals surface area contributed by atoms with Crippen molar-refractivity contribution in [3.8, 4) is 11.5 Å². The van der Waals surface area contributed by atoms with Crippen LogP contribution in [0, 0.1) is 17.0 Å². The zero-order chi connectivity index (χ0) is 21.2. The molecule has 0 aliphatic heterocycles. The number of nitro benzene ring substituents is 1. The summed E-state index contributed by atoms with van der Waals surface area (Å²) in [7, 11) is 1.30. The number of methoxy groups -OCH3 is 1. The maximum Gasteiger partial charge on any atom is 0.311 e. The van der Waals surface area contributed by atoms with E-state index >= 15 is 0 Å². The van der Waals surface area contributed by atoms with Gasteiger partial charge in [-0.25, -0.2) is 0 Å². The summed E-state index contributed by atoms with van der Waals surface area (Å²) in [6.07, 6.45) is 0.568. The SMILES string of the molecule is COc1cc(NC(=O)COC(=O)CCCOc2ccccc2)c(C)cc1[N+](=O)[O-]. The summed E-state index contributed by atoms with van der Waals surface area (Å²) in [6, 6.07) is 11.9. The summed E-state index contributed by atoms with van der Waals surface area (Å²) >= 11 is 0. The second-order valence-electron chi connectivity index (χ2n) is 6.07. The lowest BCUT2D eigenvalue weighted by molar-refractivity contribution is -0.385. The van der Waals surface area contributed by atoms with Crippen LogP contribution in [0.25, 0.3) is 0 Å². The predicted octanol–water partition coefficient (Wildman–Crippen LogP) is 3.25. The second-order valence-corrected chi connectivity index (χ2v) is 6.07. The Labute approximate surface area is 167 Å². The molecule has 0 saturated carbocycles. The topological polar surface area (TPSA) is 117 Å². The second kappa shape index (κ2) is 10.6. The van der Waals surface area contributed by atoms with Crippen molar-refractivity contribution in [3.63, 3.8) is 0 Å². The summed E-state index contributed by atoms with van der Waals surface area (Å²) in [5.74, 6) is -0.340. The van der Waals surface area contributed by atoms with Crippen LogP contribution in [0.5, 0.6) is 11.5 Å². The van der Waals surface area contributed by atoms with Crippen molar-refractivity contribution in [1.82, 2.24) is 0 Å². The van der Waals surface area contributed by atoms with Gasteiger partial charge in [0, 0.05) is 24.2 Å². The van der Waals surface area contributed by atoms with Gasteiger partial charge in [-0.2, -0.15) is 0 Å². The van der Waals surface area contributed by atoms with Crippen LogP contribution in [0.4, 0.5) is 11.4 Å². The van der Waals surface area contributed by atoms with Gasteiger partial charge in [0.2, 0.25) is 0 Å². The molecule has 0 aliphatic carbocycles. The normalized spacial score (nSPS) is 10.1. The Hall–Kier alpha value is -3.62. The van der Waals surface area contributed by atoms with E-state index < -0.39 is 23.4 Å². The van der Waals surface area contributed by atoms with E-state index in [2.05, 4.69) is 5.32 Å². The number of amides is 1. The van der Waals surface area contributed by atoms with E-state index in [0.29, 0.717) is 30.0 Å². The molecule has 2 aromatic rings. The molecular weight excluding hydrogens is 380 g/mol. The first-order valence-electron chi connectivity index (χ1n) is 8.87. The third-order valence-electron chi connectivity index (χ3n) is 3.90. The van der Waals surface area contributed by atoms with Gasteiger partial charge >= 0.3 is 11.7 Å². The van der Waals surface area contributed by atoms with Gasteiger partial charge in [0.1, 0.15) is 5.75 Å². The molecule has 0 atom stereocenters. The van der Waals surface area contributed by atoms with Gasteiger partial charge in [-0.1, -0.05) is 18.2 Å². The molecular formula is C20H22N2O7. The average Bonchev–Trinajstić information content (AvgIpc) is 2.71. The number of nitro groups is 1. The van der Waals surface area contributed by atoms with Gasteiger partial charge in [0.05, 0.1) is 18.6 Å². The quantitative estimate of drug-likeness (QED) is 0.280. The Morgan fingerprint density at radius 3 is 2.55 bits per heavy atom. The van der Waals surface area contributed by atoms with Crippen LogP contribution in [0.2, 0.25) is 0 Å². The summed E-state index contributed by atoms with van der Waals surface area (Å²) in [5.41, 5.74) is 0.618. The van der Waals surface area contributed by atoms with Gasteiger partial charge in [0.15, 0.2) is 12.4 Å². The molecule has 1 amide bonds. The van der Waals surface area contributed by atoms with Gasteiger partial charge < -0.3 is 19.5 Å². The van der Waals surface area contributed by atoms with E-state index in [-0.39, 0.29) is 17.9 Å². The first-order chi connectivity index (χ1) is 13.9. The molecule has 0 unspecified atom stereocenters. The number of carbonyl (C=O) groups excluding carboxylic acids is 2. The average molecular weight is 402 g/mol. The number of benzene rings is 2. The first kappa shape index (κ1) is 21.7. The molecule has 1 N–H and O–H groups in total. The van der Waals surface area contributed by atoms with Crippen LogP contribution in [0.15, 0.2) is 42.5 Å². The molecule has 154 valence electrons. The van der Waals surface area contributed by atoms with E-state index in [1.54, 1.807) is 6.92 Å². The van der Waals surface area contributed by atoms with E-state index in [1.165, 1.54) is 19.2 Å². The summed E-state index contributed by atoms with van der Waals surface area (Å²) in [5, 5.41) is 13.6. The van der Waals surface area contributed by atoms with E-state index in [9.17, 15) is 19.7 Å². The van der Waals surface area contributed by atoms with E-state index in [4.69, 9.17) is 14.2 Å². The minimum absolute atomic E-state index is 0.0197. The lowest BCUT2D eigenvalue weighted by Crippen LogP contribution is -2.21. The number of anilines is 1. The summed E-state index contributed by atoms with van der Waals surface area (Å²) < 4.78 is 15.4. The van der Waals surface area contributed by atoms with Crippen LogP contribution in [0.1, 0.15) is 18.4 Å². The molecule has 0 bridgehead atoms. The third kappa shape index (κ3) is 6.80. The van der Waals surface area contributed by atoms with Crippen molar-refractivity contribution in [2.75, 3.05) is 25.6 Å². The highest BCUT2D eigenvalue weighted by atomic mass is 16.6. The van der Waals surface area contributed by atoms with Crippen LogP contribution in [0.3, 0.4) is 0 Å². The van der Waals surface area contributed by atoms with Gasteiger partial charge in [-0.3, -0.25) is 19.7 Å². The number of hydrogen-bond acceptors (Lipinski definition) is 7. The maximum atomic E-state index is 12.0. The maximum absolute atomic E-state index is 12.0. The monoisotopic (exact) mass is 402 g/mol. The van der Waals surface area contributed by atoms with Crippen molar-refractivity contribution < 1.29 is 28.7 Å². The molecule has 0 radical (unpaired) electrons. The number of ether oxygens (including phenoxy) is 3. The Bertz CT molecular complexity index is 869. The Balaban J connectivity index is 1.76. The minimum atomic E-state index is -0.569. The zero-order valence-electron chi connectivity index (χ0n) is 16.2. The lowest BCUT2D eigenvalue weighted by atomic mass is 10.1. The highest BCUT2D eigenvalue weighted by molar-refractivity contribution is 5.94. The Morgan fingerprint density at radius 2 is 1.90 bits per heavy atom. The predicted molar refractivity (Wildman–Crippen MR) is 105 cm³/mol. The number of hydrogen-bond donors (Lipinski definition) is 1. The molecule has 2 aromatic carbocycles. The Morgan fingerprint density at radius 1 is 1.17 bits per heavy atom. The summed E-state index contributed by atoms with van der Waals surface area (Å²) in [6.45, 7) is 1.50. The molecule has 0 aliphatic rings. The standard InChI is InChI=1S/C20H22N2O7/c1-14-11-17(22(25)26)18(27-2)12-16(14)21-19(23)13-29-20(24)9-6-10-28-15-7-4-3-5-8-15/h3-5,7-8,11-12H,6,9-10,13H2,1-2H3,(H,21,23). The molecule has 0 aromatic heterocycles. The highest BCUT2D eigenvalue weighted by Crippen LogP contribution is 2.32. The lowest BCUT2D eigenvalue weighted by Gasteiger charge is -2.11. The van der Waals surface area contributed by atoms with E-state index in [1.807, 2.05) is 30.3 Å². The summed E-state index contributed by atoms with van der Waals surface area (Å²) in [4.78, 5) is 34.2. The zero-order valence-corrected chi connectivity index (χ0v) is 16.2. The van der Waals surface area contributed by atoms with Crippen LogP contribution in [-0.4, -0.2) is 37.1 Å². The molecule has 2 rings (SSSR count). The number of rotatable bonds is 10. The van der Waals surface area contributed by atoms with E-state index in [0.717, 1.165) is 0 Å². The minimum Gasteiger partial charge on any atom is -0.494 e. The third-order valence-corrected chi connectivity index (χ3v) is 3.90. The van der Waals surface area contributed by atoms with Gasteiger partial charge in [0.25, 0.3) is 5.91 Å². The fraction of sp³-hybridized carbons (Fsp3) is 0.300. The van der Waals surface area contributed by atoms with Crippen molar-refractivity contribution in [2.45, 2.75) is 19.8 Å². The van der Waals surface area contributed by atoms with Crippen LogP contribution >= 0.6 is 0 Å². The van der Waals surface area contributed by atoms with Crippen LogP contribution < -0.4 is 14.8 Å². The van der Waals surface area contributed by atoms with Crippen molar-refractivity contribution in [2.24, 2.45) is 0 Å².